The molecule has 0 aromatic heterocycles. The van der Waals surface area contributed by atoms with Gasteiger partial charge < -0.3 is 5.32 Å². The number of amidine groups is 1. The first-order valence-electron chi connectivity index (χ1n) is 8.35. The third-order valence-corrected chi connectivity index (χ3v) is 5.90. The number of hydrogen-bond acceptors (Lipinski definition) is 4. The lowest BCUT2D eigenvalue weighted by molar-refractivity contribution is -0.128. The highest BCUT2D eigenvalue weighted by Gasteiger charge is 2.38. The average Bonchev–Trinajstić information content (AvgIpc) is 2.94. The van der Waals surface area contributed by atoms with E-state index in [-0.39, 0.29) is 18.2 Å². The monoisotopic (exact) mass is 421 g/mol. The Balaban J connectivity index is 1.75. The number of anilines is 1. The third kappa shape index (κ3) is 4.64. The molecule has 1 saturated heterocycles. The van der Waals surface area contributed by atoms with Crippen LogP contribution < -0.4 is 5.32 Å². The number of rotatable bonds is 5. The molecule has 1 fully saturated rings. The summed E-state index contributed by atoms with van der Waals surface area (Å²) < 4.78 is 0. The molecule has 0 bridgehead atoms. The van der Waals surface area contributed by atoms with Gasteiger partial charge >= 0.3 is 0 Å². The summed E-state index contributed by atoms with van der Waals surface area (Å²) in [5, 5.41) is 3.53. The van der Waals surface area contributed by atoms with Crippen LogP contribution in [0.25, 0.3) is 0 Å². The molecule has 0 unspecified atom stereocenters. The molecule has 0 aliphatic carbocycles. The molecule has 2 amide bonds. The predicted molar refractivity (Wildman–Crippen MR) is 112 cm³/mol. The van der Waals surface area contributed by atoms with Crippen molar-refractivity contribution in [3.63, 3.8) is 0 Å². The maximum absolute atomic E-state index is 12.7. The quantitative estimate of drug-likeness (QED) is 0.740. The third-order valence-electron chi connectivity index (χ3n) is 3.91. The van der Waals surface area contributed by atoms with E-state index in [0.717, 1.165) is 0 Å². The first kappa shape index (κ1) is 19.7. The van der Waals surface area contributed by atoms with Crippen molar-refractivity contribution in [2.45, 2.75) is 18.6 Å². The zero-order chi connectivity index (χ0) is 19.4. The number of carbonyl (C=O) groups is 2. The van der Waals surface area contributed by atoms with E-state index in [1.165, 1.54) is 11.8 Å². The molecule has 1 aliphatic heterocycles. The van der Waals surface area contributed by atoms with Crippen molar-refractivity contribution in [1.82, 2.24) is 4.90 Å². The molecule has 2 aromatic carbocycles. The lowest BCUT2D eigenvalue weighted by Crippen LogP contribution is -2.33. The second-order valence-electron chi connectivity index (χ2n) is 5.77. The zero-order valence-corrected chi connectivity index (χ0v) is 16.8. The van der Waals surface area contributed by atoms with Crippen molar-refractivity contribution in [3.05, 3.63) is 58.6 Å². The Bertz CT molecular complexity index is 890. The maximum atomic E-state index is 12.7. The Hall–Kier alpha value is -2.02. The smallest absolute Gasteiger partial charge is 0.242 e. The van der Waals surface area contributed by atoms with Gasteiger partial charge in [-0.15, -0.1) is 0 Å². The first-order chi connectivity index (χ1) is 13.0. The zero-order valence-electron chi connectivity index (χ0n) is 14.5. The molecule has 27 heavy (non-hydrogen) atoms. The normalized spacial score (nSPS) is 18.2. The van der Waals surface area contributed by atoms with Crippen molar-refractivity contribution in [2.24, 2.45) is 4.99 Å². The van der Waals surface area contributed by atoms with Crippen molar-refractivity contribution in [3.8, 4) is 0 Å². The van der Waals surface area contributed by atoms with Crippen molar-refractivity contribution >= 4 is 63.3 Å². The van der Waals surface area contributed by atoms with E-state index in [0.29, 0.717) is 33.1 Å². The van der Waals surface area contributed by atoms with Gasteiger partial charge in [0.2, 0.25) is 11.8 Å². The lowest BCUT2D eigenvalue weighted by atomic mass is 10.2. The van der Waals surface area contributed by atoms with Crippen LogP contribution in [0.2, 0.25) is 10.0 Å². The van der Waals surface area contributed by atoms with Crippen LogP contribution in [0.15, 0.2) is 53.5 Å². The van der Waals surface area contributed by atoms with Crippen LogP contribution in [0.5, 0.6) is 0 Å². The second-order valence-corrected chi connectivity index (χ2v) is 7.73. The van der Waals surface area contributed by atoms with Crippen molar-refractivity contribution < 1.29 is 9.59 Å². The molecule has 8 heteroatoms. The molecule has 2 aromatic rings. The summed E-state index contributed by atoms with van der Waals surface area (Å²) >= 11 is 13.5. The number of nitrogens with one attached hydrogen (secondary N) is 1. The van der Waals surface area contributed by atoms with Gasteiger partial charge in [0, 0.05) is 18.7 Å². The minimum absolute atomic E-state index is 0.0667. The molecule has 1 heterocycles. The minimum atomic E-state index is -0.523. The average molecular weight is 422 g/mol. The molecule has 3 rings (SSSR count). The van der Waals surface area contributed by atoms with Crippen LogP contribution in [-0.2, 0) is 9.59 Å². The number of benzene rings is 2. The molecule has 0 radical (unpaired) electrons. The van der Waals surface area contributed by atoms with Gasteiger partial charge in [0.05, 0.1) is 15.7 Å². The Morgan fingerprint density at radius 3 is 2.63 bits per heavy atom. The Morgan fingerprint density at radius 1 is 1.19 bits per heavy atom. The Labute approximate surface area is 171 Å². The van der Waals surface area contributed by atoms with Gasteiger partial charge in [-0.05, 0) is 31.2 Å². The van der Waals surface area contributed by atoms with Gasteiger partial charge in [0.15, 0.2) is 5.17 Å². The van der Waals surface area contributed by atoms with Crippen molar-refractivity contribution in [2.75, 3.05) is 11.9 Å². The standard InChI is InChI=1S/C19H17Cl2N3O2S/c1-2-24-18(26)15(11-16(25)22-12-7-4-3-5-8-12)27-19(24)23-14-10-6-9-13(20)17(14)21/h3-10,15H,2,11H2,1H3,(H,22,25)/t15-/m1/s1. The Kier molecular flexibility index (Phi) is 6.42. The number of aliphatic imine (C=N–C) groups is 1. The van der Waals surface area contributed by atoms with E-state index in [1.807, 2.05) is 25.1 Å². The van der Waals surface area contributed by atoms with E-state index in [9.17, 15) is 9.59 Å². The van der Waals surface area contributed by atoms with Crippen molar-refractivity contribution in [1.29, 1.82) is 0 Å². The number of nitrogens with zero attached hydrogens (tertiary/aromatic N) is 2. The van der Waals surface area contributed by atoms with Crippen LogP contribution in [0.4, 0.5) is 11.4 Å². The number of amides is 2. The molecule has 1 aliphatic rings. The second kappa shape index (κ2) is 8.78. The Morgan fingerprint density at radius 2 is 1.93 bits per heavy atom. The fourth-order valence-electron chi connectivity index (χ4n) is 2.60. The van der Waals surface area contributed by atoms with E-state index in [2.05, 4.69) is 10.3 Å². The molecule has 5 nitrogen and oxygen atoms in total. The molecule has 0 saturated carbocycles. The molecular weight excluding hydrogens is 405 g/mol. The van der Waals surface area contributed by atoms with E-state index in [4.69, 9.17) is 23.2 Å². The minimum Gasteiger partial charge on any atom is -0.326 e. The fourth-order valence-corrected chi connectivity index (χ4v) is 4.15. The highest BCUT2D eigenvalue weighted by molar-refractivity contribution is 8.15. The first-order valence-corrected chi connectivity index (χ1v) is 9.98. The van der Waals surface area contributed by atoms with Gasteiger partial charge in [0.25, 0.3) is 0 Å². The summed E-state index contributed by atoms with van der Waals surface area (Å²) in [6.07, 6.45) is 0.0667. The fraction of sp³-hybridized carbons (Fsp3) is 0.211. The summed E-state index contributed by atoms with van der Waals surface area (Å²) in [4.78, 5) is 31.0. The maximum Gasteiger partial charge on any atom is 0.242 e. The molecule has 140 valence electrons. The molecule has 1 atom stereocenters. The molecule has 1 N–H and O–H groups in total. The summed E-state index contributed by atoms with van der Waals surface area (Å²) in [6, 6.07) is 14.3. The SMILES string of the molecule is CCN1C(=O)[C@@H](CC(=O)Nc2ccccc2)SC1=Nc1cccc(Cl)c1Cl. The molecular formula is C19H17Cl2N3O2S. The van der Waals surface area contributed by atoms with E-state index in [1.54, 1.807) is 35.2 Å². The number of hydrogen-bond donors (Lipinski definition) is 1. The van der Waals surface area contributed by atoms with Crippen LogP contribution in [-0.4, -0.2) is 33.7 Å². The van der Waals surface area contributed by atoms with Crippen LogP contribution in [0.1, 0.15) is 13.3 Å². The van der Waals surface area contributed by atoms with Gasteiger partial charge in [0.1, 0.15) is 5.25 Å². The van der Waals surface area contributed by atoms with Crippen LogP contribution in [0, 0.1) is 0 Å². The van der Waals surface area contributed by atoms with Gasteiger partial charge in [-0.3, -0.25) is 14.5 Å². The largest absolute Gasteiger partial charge is 0.326 e. The number of carbonyl (C=O) groups excluding carboxylic acids is 2. The topological polar surface area (TPSA) is 61.8 Å². The summed E-state index contributed by atoms with van der Waals surface area (Å²) in [7, 11) is 0. The predicted octanol–water partition coefficient (Wildman–Crippen LogP) is 4.97. The van der Waals surface area contributed by atoms with Crippen LogP contribution in [0.3, 0.4) is 0 Å². The van der Waals surface area contributed by atoms with Gasteiger partial charge in [-0.2, -0.15) is 0 Å². The number of halogens is 2. The van der Waals surface area contributed by atoms with E-state index < -0.39 is 5.25 Å². The van der Waals surface area contributed by atoms with Gasteiger partial charge in [-0.25, -0.2) is 4.99 Å². The summed E-state index contributed by atoms with van der Waals surface area (Å²) in [5.41, 5.74) is 1.19. The summed E-state index contributed by atoms with van der Waals surface area (Å²) in [6.45, 7) is 2.32. The lowest BCUT2D eigenvalue weighted by Gasteiger charge is -2.13. The van der Waals surface area contributed by atoms with Gasteiger partial charge in [-0.1, -0.05) is 59.2 Å². The highest BCUT2D eigenvalue weighted by atomic mass is 35.5. The summed E-state index contributed by atoms with van der Waals surface area (Å²) in [5.74, 6) is -0.354. The number of para-hydroxylation sites is 1. The highest BCUT2D eigenvalue weighted by Crippen LogP contribution is 2.36. The molecule has 0 spiro atoms. The number of thioether (sulfide) groups is 1. The van der Waals surface area contributed by atoms with E-state index >= 15 is 0 Å². The van der Waals surface area contributed by atoms with Crippen LogP contribution >= 0.6 is 35.0 Å².